The number of pyridine rings is 1. The Bertz CT molecular complexity index is 1690. The van der Waals surface area contributed by atoms with E-state index in [9.17, 15) is 9.59 Å². The second-order valence-electron chi connectivity index (χ2n) is 10.7. The topological polar surface area (TPSA) is 148 Å². The van der Waals surface area contributed by atoms with Crippen molar-refractivity contribution in [3.63, 3.8) is 0 Å². The highest BCUT2D eigenvalue weighted by Crippen LogP contribution is 2.42. The van der Waals surface area contributed by atoms with Crippen molar-refractivity contribution in [3.8, 4) is 28.8 Å². The molecule has 0 radical (unpaired) electrons. The van der Waals surface area contributed by atoms with Crippen LogP contribution in [0.2, 0.25) is 0 Å². The van der Waals surface area contributed by atoms with Crippen molar-refractivity contribution in [1.29, 1.82) is 0 Å². The number of carbonyl (C=O) groups is 2. The summed E-state index contributed by atoms with van der Waals surface area (Å²) < 4.78 is 22.1. The summed E-state index contributed by atoms with van der Waals surface area (Å²) in [5.74, 6) is 0.0919. The van der Waals surface area contributed by atoms with Crippen LogP contribution in [0.4, 0.5) is 11.4 Å². The van der Waals surface area contributed by atoms with E-state index in [0.29, 0.717) is 63.1 Å². The van der Waals surface area contributed by atoms with E-state index in [4.69, 9.17) is 24.7 Å². The zero-order valence-electron chi connectivity index (χ0n) is 25.4. The molecule has 1 amide bonds. The number of nitrogens with two attached hydrogens (primary N) is 1. The minimum atomic E-state index is -0.648. The number of hydrogen-bond donors (Lipinski definition) is 2. The molecule has 1 aliphatic rings. The van der Waals surface area contributed by atoms with Gasteiger partial charge in [0.1, 0.15) is 5.75 Å². The van der Waals surface area contributed by atoms with E-state index < -0.39 is 11.9 Å². The standard InChI is InChI=1S/C33H37N5O6/c1-5-6-11-44-28-16-24-27(15-23(28)25-17-36-33(43-4)38-31(25)41-2)35-18-26(30(34)39)29(24)37-22-13-20(19-9-7-8-10-19)12-21(14-22)32(40)42-3/h12-19H,5-11H2,1-4H3,(H2,34,39)(H,35,37). The van der Waals surface area contributed by atoms with E-state index in [1.54, 1.807) is 12.3 Å². The van der Waals surface area contributed by atoms with Gasteiger partial charge in [-0.1, -0.05) is 26.2 Å². The third-order valence-corrected chi connectivity index (χ3v) is 7.86. The van der Waals surface area contributed by atoms with E-state index in [1.165, 1.54) is 27.5 Å². The van der Waals surface area contributed by atoms with Crippen LogP contribution in [-0.4, -0.2) is 54.8 Å². The lowest BCUT2D eigenvalue weighted by Crippen LogP contribution is -2.14. The summed E-state index contributed by atoms with van der Waals surface area (Å²) in [6.07, 6.45) is 9.22. The summed E-state index contributed by atoms with van der Waals surface area (Å²) in [6.45, 7) is 2.55. The van der Waals surface area contributed by atoms with Gasteiger partial charge < -0.3 is 30.0 Å². The summed E-state index contributed by atoms with van der Waals surface area (Å²) in [6, 6.07) is 9.47. The van der Waals surface area contributed by atoms with Gasteiger partial charge in [-0.2, -0.15) is 4.98 Å². The van der Waals surface area contributed by atoms with Crippen LogP contribution in [0, 0.1) is 0 Å². The van der Waals surface area contributed by atoms with E-state index in [0.717, 1.165) is 44.1 Å². The maximum Gasteiger partial charge on any atom is 0.337 e. The lowest BCUT2D eigenvalue weighted by atomic mass is 9.95. The largest absolute Gasteiger partial charge is 0.493 e. The molecular formula is C33H37N5O6. The Kier molecular flexibility index (Phi) is 9.42. The molecule has 0 bridgehead atoms. The minimum Gasteiger partial charge on any atom is -0.493 e. The number of methoxy groups -OCH3 is 3. The van der Waals surface area contributed by atoms with Crippen LogP contribution in [0.3, 0.4) is 0 Å². The second-order valence-corrected chi connectivity index (χ2v) is 10.7. The first-order valence-electron chi connectivity index (χ1n) is 14.7. The third kappa shape index (κ3) is 6.36. The van der Waals surface area contributed by atoms with Gasteiger partial charge in [0, 0.05) is 29.0 Å². The van der Waals surface area contributed by atoms with E-state index in [-0.39, 0.29) is 11.6 Å². The summed E-state index contributed by atoms with van der Waals surface area (Å²) in [4.78, 5) is 38.5. The molecule has 2 heterocycles. The first-order valence-corrected chi connectivity index (χ1v) is 14.7. The highest BCUT2D eigenvalue weighted by atomic mass is 16.5. The number of aromatic nitrogens is 3. The molecule has 1 fully saturated rings. The first-order chi connectivity index (χ1) is 21.4. The summed E-state index contributed by atoms with van der Waals surface area (Å²) in [7, 11) is 4.36. The number of unbranched alkanes of at least 4 members (excludes halogenated alkanes) is 1. The summed E-state index contributed by atoms with van der Waals surface area (Å²) in [5, 5.41) is 4.01. The first kappa shape index (κ1) is 30.5. The van der Waals surface area contributed by atoms with Gasteiger partial charge in [-0.3, -0.25) is 9.78 Å². The summed E-state index contributed by atoms with van der Waals surface area (Å²) in [5.41, 5.74) is 10.4. The molecule has 1 saturated carbocycles. The van der Waals surface area contributed by atoms with Gasteiger partial charge in [0.2, 0.25) is 5.88 Å². The second kappa shape index (κ2) is 13.6. The maximum absolute atomic E-state index is 12.7. The van der Waals surface area contributed by atoms with Crippen molar-refractivity contribution in [2.75, 3.05) is 33.3 Å². The Hall–Kier alpha value is -4.93. The molecule has 0 atom stereocenters. The van der Waals surface area contributed by atoms with Gasteiger partial charge in [0.15, 0.2) is 0 Å². The lowest BCUT2D eigenvalue weighted by Gasteiger charge is -2.19. The van der Waals surface area contributed by atoms with Crippen molar-refractivity contribution in [2.45, 2.75) is 51.4 Å². The molecule has 2 aromatic heterocycles. The summed E-state index contributed by atoms with van der Waals surface area (Å²) >= 11 is 0. The molecule has 0 unspecified atom stereocenters. The number of carbonyl (C=O) groups excluding carboxylic acids is 2. The van der Waals surface area contributed by atoms with Gasteiger partial charge in [-0.25, -0.2) is 9.78 Å². The number of primary amides is 1. The smallest absolute Gasteiger partial charge is 0.337 e. The Labute approximate surface area is 256 Å². The molecule has 11 heteroatoms. The number of anilines is 2. The lowest BCUT2D eigenvalue weighted by molar-refractivity contribution is 0.0600. The van der Waals surface area contributed by atoms with Crippen molar-refractivity contribution < 1.29 is 28.5 Å². The van der Waals surface area contributed by atoms with Crippen LogP contribution in [0.5, 0.6) is 17.6 Å². The molecule has 0 spiro atoms. The fourth-order valence-electron chi connectivity index (χ4n) is 5.59. The fourth-order valence-corrected chi connectivity index (χ4v) is 5.59. The molecular weight excluding hydrogens is 562 g/mol. The third-order valence-electron chi connectivity index (χ3n) is 7.86. The monoisotopic (exact) mass is 599 g/mol. The van der Waals surface area contributed by atoms with Gasteiger partial charge >= 0.3 is 12.0 Å². The number of fused-ring (bicyclic) bond motifs is 1. The van der Waals surface area contributed by atoms with Crippen LogP contribution >= 0.6 is 0 Å². The molecule has 230 valence electrons. The predicted molar refractivity (Wildman–Crippen MR) is 167 cm³/mol. The predicted octanol–water partition coefficient (Wildman–Crippen LogP) is 6.17. The highest BCUT2D eigenvalue weighted by molar-refractivity contribution is 6.09. The molecule has 5 rings (SSSR count). The van der Waals surface area contributed by atoms with E-state index >= 15 is 0 Å². The Balaban J connectivity index is 1.69. The zero-order chi connectivity index (χ0) is 31.2. The van der Waals surface area contributed by atoms with Crippen LogP contribution in [-0.2, 0) is 4.74 Å². The SMILES string of the molecule is CCCCOc1cc2c(Nc3cc(C(=O)OC)cc(C4CCCC4)c3)c(C(N)=O)cnc2cc1-c1cnc(OC)nc1OC. The van der Waals surface area contributed by atoms with Crippen molar-refractivity contribution in [2.24, 2.45) is 5.73 Å². The number of nitrogens with zero attached hydrogens (tertiary/aromatic N) is 3. The Morgan fingerprint density at radius 3 is 2.45 bits per heavy atom. The normalized spacial score (nSPS) is 13.1. The number of esters is 1. The average Bonchev–Trinajstić information content (AvgIpc) is 3.59. The number of rotatable bonds is 12. The van der Waals surface area contributed by atoms with Crippen molar-refractivity contribution in [3.05, 3.63) is 59.4 Å². The van der Waals surface area contributed by atoms with Crippen LogP contribution < -0.4 is 25.3 Å². The van der Waals surface area contributed by atoms with Gasteiger partial charge in [0.25, 0.3) is 5.91 Å². The Morgan fingerprint density at radius 1 is 0.977 bits per heavy atom. The zero-order valence-corrected chi connectivity index (χ0v) is 25.4. The molecule has 4 aromatic rings. The van der Waals surface area contributed by atoms with E-state index in [1.807, 2.05) is 24.3 Å². The highest BCUT2D eigenvalue weighted by Gasteiger charge is 2.23. The quantitative estimate of drug-likeness (QED) is 0.143. The molecule has 11 nitrogen and oxygen atoms in total. The molecule has 2 aromatic carbocycles. The molecule has 3 N–H and O–H groups in total. The fraction of sp³-hybridized carbons (Fsp3) is 0.364. The van der Waals surface area contributed by atoms with Gasteiger partial charge in [-0.15, -0.1) is 0 Å². The Morgan fingerprint density at radius 2 is 1.77 bits per heavy atom. The molecule has 0 aliphatic heterocycles. The number of nitrogens with one attached hydrogen (secondary N) is 1. The van der Waals surface area contributed by atoms with Crippen LogP contribution in [0.25, 0.3) is 22.0 Å². The van der Waals surface area contributed by atoms with E-state index in [2.05, 4.69) is 27.2 Å². The van der Waals surface area contributed by atoms with Crippen molar-refractivity contribution >= 4 is 34.2 Å². The number of amides is 1. The molecule has 44 heavy (non-hydrogen) atoms. The molecule has 0 saturated heterocycles. The number of benzene rings is 2. The number of ether oxygens (including phenoxy) is 4. The van der Waals surface area contributed by atoms with Gasteiger partial charge in [0.05, 0.1) is 55.8 Å². The van der Waals surface area contributed by atoms with Crippen LogP contribution in [0.1, 0.15) is 77.6 Å². The van der Waals surface area contributed by atoms with Crippen LogP contribution in [0.15, 0.2) is 42.7 Å². The van der Waals surface area contributed by atoms with Gasteiger partial charge in [-0.05, 0) is 61.1 Å². The van der Waals surface area contributed by atoms with Crippen molar-refractivity contribution in [1.82, 2.24) is 15.0 Å². The molecule has 1 aliphatic carbocycles. The average molecular weight is 600 g/mol. The maximum atomic E-state index is 12.7. The minimum absolute atomic E-state index is 0.168. The number of hydrogen-bond acceptors (Lipinski definition) is 10.